The van der Waals surface area contributed by atoms with Gasteiger partial charge in [-0.15, -0.1) is 0 Å². The molecular weight excluding hydrogens is 410 g/mol. The number of nitrogens with zero attached hydrogens (tertiary/aromatic N) is 4. The van der Waals surface area contributed by atoms with Crippen LogP contribution in [0.3, 0.4) is 0 Å². The van der Waals surface area contributed by atoms with E-state index in [9.17, 15) is 0 Å². The van der Waals surface area contributed by atoms with Crippen LogP contribution in [0.4, 0.5) is 0 Å². The first-order chi connectivity index (χ1) is 15.0. The molecule has 1 aliphatic carbocycles. The predicted octanol–water partition coefficient (Wildman–Crippen LogP) is 6.00. The molecule has 6 nitrogen and oxygen atoms in total. The summed E-state index contributed by atoms with van der Waals surface area (Å²) in [6.45, 7) is 4.35. The standard InChI is InChI=1S/C24H24ClN5O/c1-14-3-6-18(7-4-14)31-22-8-5-16(11-27-22)20-9-15(2)19(13-26-20)23-29-21-10-17(25)12-28-24(21)30-23/h5,8-14,18H,3-4,6-7H2,1-2H3,(H,28,29,30)/t14-,18+. The Morgan fingerprint density at radius 3 is 2.58 bits per heavy atom. The molecule has 0 spiro atoms. The molecule has 1 N–H and O–H groups in total. The zero-order valence-electron chi connectivity index (χ0n) is 17.6. The highest BCUT2D eigenvalue weighted by Gasteiger charge is 2.20. The van der Waals surface area contributed by atoms with Gasteiger partial charge in [-0.25, -0.2) is 15.0 Å². The number of pyridine rings is 3. The van der Waals surface area contributed by atoms with Crippen LogP contribution in [0.5, 0.6) is 5.88 Å². The maximum absolute atomic E-state index is 6.07. The van der Waals surface area contributed by atoms with Crippen molar-refractivity contribution < 1.29 is 4.74 Å². The third-order valence-electron chi connectivity index (χ3n) is 5.95. The third-order valence-corrected chi connectivity index (χ3v) is 6.16. The van der Waals surface area contributed by atoms with Gasteiger partial charge in [-0.2, -0.15) is 0 Å². The largest absolute Gasteiger partial charge is 0.474 e. The molecule has 0 aromatic carbocycles. The lowest BCUT2D eigenvalue weighted by Crippen LogP contribution is -2.23. The molecule has 158 valence electrons. The maximum atomic E-state index is 6.07. The fraction of sp³-hybridized carbons (Fsp3) is 0.333. The fourth-order valence-corrected chi connectivity index (χ4v) is 4.24. The van der Waals surface area contributed by atoms with E-state index < -0.39 is 0 Å². The topological polar surface area (TPSA) is 76.6 Å². The lowest BCUT2D eigenvalue weighted by molar-refractivity contribution is 0.130. The average Bonchev–Trinajstić information content (AvgIpc) is 3.18. The van der Waals surface area contributed by atoms with Gasteiger partial charge in [0.2, 0.25) is 5.88 Å². The molecule has 0 atom stereocenters. The lowest BCUT2D eigenvalue weighted by Gasteiger charge is -2.26. The Kier molecular flexibility index (Phi) is 5.32. The van der Waals surface area contributed by atoms with Crippen molar-refractivity contribution in [3.05, 3.63) is 53.4 Å². The second-order valence-corrected chi connectivity index (χ2v) is 8.82. The maximum Gasteiger partial charge on any atom is 0.213 e. The molecule has 0 bridgehead atoms. The van der Waals surface area contributed by atoms with Gasteiger partial charge in [0.1, 0.15) is 11.9 Å². The van der Waals surface area contributed by atoms with Crippen LogP contribution in [-0.2, 0) is 0 Å². The van der Waals surface area contributed by atoms with Crippen LogP contribution in [0.2, 0.25) is 5.02 Å². The summed E-state index contributed by atoms with van der Waals surface area (Å²) >= 11 is 6.03. The second kappa shape index (κ2) is 8.27. The zero-order valence-corrected chi connectivity index (χ0v) is 18.4. The Hall–Kier alpha value is -2.99. The van der Waals surface area contributed by atoms with E-state index in [-0.39, 0.29) is 6.10 Å². The number of aromatic amines is 1. The molecule has 4 heterocycles. The number of hydrogen-bond acceptors (Lipinski definition) is 5. The summed E-state index contributed by atoms with van der Waals surface area (Å²) in [5.74, 6) is 2.22. The summed E-state index contributed by atoms with van der Waals surface area (Å²) in [6.07, 6.45) is 10.2. The summed E-state index contributed by atoms with van der Waals surface area (Å²) in [5.41, 5.74) is 5.25. The van der Waals surface area contributed by atoms with Gasteiger partial charge in [0.05, 0.1) is 16.2 Å². The normalized spacial score (nSPS) is 18.9. The van der Waals surface area contributed by atoms with Crippen molar-refractivity contribution in [1.82, 2.24) is 24.9 Å². The highest BCUT2D eigenvalue weighted by atomic mass is 35.5. The van der Waals surface area contributed by atoms with Crippen molar-refractivity contribution in [1.29, 1.82) is 0 Å². The number of aromatic nitrogens is 5. The van der Waals surface area contributed by atoms with E-state index in [2.05, 4.69) is 31.8 Å². The van der Waals surface area contributed by atoms with Crippen molar-refractivity contribution in [3.8, 4) is 28.5 Å². The minimum absolute atomic E-state index is 0.280. The van der Waals surface area contributed by atoms with Gasteiger partial charge >= 0.3 is 0 Å². The summed E-state index contributed by atoms with van der Waals surface area (Å²) in [6, 6.07) is 7.82. The number of ether oxygens (including phenoxy) is 1. The minimum atomic E-state index is 0.280. The highest BCUT2D eigenvalue weighted by molar-refractivity contribution is 6.31. The van der Waals surface area contributed by atoms with Gasteiger partial charge in [0.25, 0.3) is 0 Å². The summed E-state index contributed by atoms with van der Waals surface area (Å²) in [5, 5.41) is 0.575. The first kappa shape index (κ1) is 19.9. The van der Waals surface area contributed by atoms with Crippen molar-refractivity contribution in [2.45, 2.75) is 45.6 Å². The van der Waals surface area contributed by atoms with Crippen LogP contribution in [0.15, 0.2) is 42.9 Å². The van der Waals surface area contributed by atoms with Crippen LogP contribution in [0, 0.1) is 12.8 Å². The van der Waals surface area contributed by atoms with Crippen LogP contribution in [0.25, 0.3) is 33.8 Å². The smallest absolute Gasteiger partial charge is 0.213 e. The van der Waals surface area contributed by atoms with Gasteiger partial charge in [0, 0.05) is 35.8 Å². The second-order valence-electron chi connectivity index (χ2n) is 8.38. The van der Waals surface area contributed by atoms with E-state index in [4.69, 9.17) is 16.3 Å². The number of aryl methyl sites for hydroxylation is 1. The summed E-state index contributed by atoms with van der Waals surface area (Å²) in [4.78, 5) is 21.3. The molecule has 5 rings (SSSR count). The minimum Gasteiger partial charge on any atom is -0.474 e. The molecule has 0 unspecified atom stereocenters. The SMILES string of the molecule is Cc1cc(-c2ccc(O[C@H]3CC[C@@H](C)CC3)nc2)ncc1-c1nc2ncc(Cl)cc2[nH]1. The van der Waals surface area contributed by atoms with E-state index in [0.717, 1.165) is 52.5 Å². The van der Waals surface area contributed by atoms with Gasteiger partial charge in [-0.3, -0.25) is 4.98 Å². The molecule has 0 saturated heterocycles. The van der Waals surface area contributed by atoms with Gasteiger partial charge in [0.15, 0.2) is 5.65 Å². The Morgan fingerprint density at radius 1 is 1.00 bits per heavy atom. The molecule has 0 amide bonds. The fourth-order valence-electron chi connectivity index (χ4n) is 4.08. The molecule has 4 aromatic heterocycles. The summed E-state index contributed by atoms with van der Waals surface area (Å²) in [7, 11) is 0. The molecule has 0 aliphatic heterocycles. The van der Waals surface area contributed by atoms with Crippen molar-refractivity contribution in [3.63, 3.8) is 0 Å². The van der Waals surface area contributed by atoms with Crippen LogP contribution in [0.1, 0.15) is 38.2 Å². The lowest BCUT2D eigenvalue weighted by atomic mass is 9.89. The van der Waals surface area contributed by atoms with Crippen molar-refractivity contribution in [2.75, 3.05) is 0 Å². The van der Waals surface area contributed by atoms with E-state index in [1.165, 1.54) is 12.8 Å². The van der Waals surface area contributed by atoms with Crippen LogP contribution >= 0.6 is 11.6 Å². The molecule has 1 aliphatic rings. The van der Waals surface area contributed by atoms with E-state index in [1.807, 2.05) is 43.6 Å². The summed E-state index contributed by atoms with van der Waals surface area (Å²) < 4.78 is 6.07. The van der Waals surface area contributed by atoms with E-state index >= 15 is 0 Å². The van der Waals surface area contributed by atoms with Gasteiger partial charge in [-0.05, 0) is 62.3 Å². The van der Waals surface area contributed by atoms with Crippen molar-refractivity contribution >= 4 is 22.8 Å². The Bertz CT molecular complexity index is 1210. The number of nitrogens with one attached hydrogen (secondary N) is 1. The van der Waals surface area contributed by atoms with Crippen molar-refractivity contribution in [2.24, 2.45) is 5.92 Å². The number of H-pyrrole nitrogens is 1. The van der Waals surface area contributed by atoms with E-state index in [0.29, 0.717) is 16.5 Å². The number of rotatable bonds is 4. The predicted molar refractivity (Wildman–Crippen MR) is 122 cm³/mol. The molecule has 31 heavy (non-hydrogen) atoms. The number of hydrogen-bond donors (Lipinski definition) is 1. The molecule has 1 fully saturated rings. The van der Waals surface area contributed by atoms with Crippen LogP contribution < -0.4 is 4.74 Å². The molecule has 4 aromatic rings. The Labute approximate surface area is 186 Å². The molecular formula is C24H24ClN5O. The third kappa shape index (κ3) is 4.26. The molecule has 7 heteroatoms. The monoisotopic (exact) mass is 433 g/mol. The highest BCUT2D eigenvalue weighted by Crippen LogP contribution is 2.29. The number of imidazole rings is 1. The van der Waals surface area contributed by atoms with E-state index in [1.54, 1.807) is 6.20 Å². The first-order valence-electron chi connectivity index (χ1n) is 10.7. The zero-order chi connectivity index (χ0) is 21.4. The number of halogens is 1. The molecule has 1 saturated carbocycles. The Balaban J connectivity index is 1.34. The van der Waals surface area contributed by atoms with Crippen LogP contribution in [-0.4, -0.2) is 31.0 Å². The van der Waals surface area contributed by atoms with Gasteiger partial charge in [-0.1, -0.05) is 18.5 Å². The molecule has 0 radical (unpaired) electrons. The number of fused-ring (bicyclic) bond motifs is 1. The Morgan fingerprint density at radius 2 is 1.84 bits per heavy atom. The quantitative estimate of drug-likeness (QED) is 0.427. The first-order valence-corrected chi connectivity index (χ1v) is 11.0. The average molecular weight is 434 g/mol. The van der Waals surface area contributed by atoms with Gasteiger partial charge < -0.3 is 9.72 Å².